The molecule has 12 heteroatoms. The molecule has 3 aromatic carbocycles. The molecule has 0 unspecified atom stereocenters. The molecule has 0 radical (unpaired) electrons. The highest BCUT2D eigenvalue weighted by Crippen LogP contribution is 2.29. The molecule has 2 N–H and O–H groups in total. The fourth-order valence-corrected chi connectivity index (χ4v) is 4.69. The number of ether oxygens (including phenoxy) is 1. The van der Waals surface area contributed by atoms with E-state index in [0.29, 0.717) is 39.2 Å². The van der Waals surface area contributed by atoms with E-state index in [1.54, 1.807) is 42.5 Å². The molecule has 0 aliphatic carbocycles. The highest BCUT2D eigenvalue weighted by molar-refractivity contribution is 7.98. The van der Waals surface area contributed by atoms with Gasteiger partial charge in [0.15, 0.2) is 5.16 Å². The van der Waals surface area contributed by atoms with E-state index in [2.05, 4.69) is 15.3 Å². The van der Waals surface area contributed by atoms with E-state index in [4.69, 9.17) is 27.9 Å². The molecule has 4 aromatic rings. The summed E-state index contributed by atoms with van der Waals surface area (Å²) in [4.78, 5) is 30.8. The monoisotopic (exact) mass is 567 g/mol. The average molecular weight is 568 g/mol. The quantitative estimate of drug-likeness (QED) is 0.102. The minimum absolute atomic E-state index is 0.0851. The summed E-state index contributed by atoms with van der Waals surface area (Å²) in [7, 11) is 1.52. The standard InChI is InChI=1S/C26H19Cl2N5O4S/c1-37-20-4-2-3-17(10-20)24-21(12-29)25(34)32-26(31-24)38-14-16-7-18(11-19(8-16)33(35)36)30-13-15-5-6-22(27)23(28)9-15/h2-11,30H,13-14H2,1H3,(H,31,32,34). The molecule has 0 saturated carbocycles. The highest BCUT2D eigenvalue weighted by atomic mass is 35.5. The van der Waals surface area contributed by atoms with Crippen LogP contribution in [0.1, 0.15) is 16.7 Å². The van der Waals surface area contributed by atoms with Crippen LogP contribution in [0.3, 0.4) is 0 Å². The van der Waals surface area contributed by atoms with Crippen molar-refractivity contribution in [1.82, 2.24) is 9.97 Å². The van der Waals surface area contributed by atoms with Crippen LogP contribution in [-0.4, -0.2) is 22.0 Å². The zero-order valence-corrected chi connectivity index (χ0v) is 22.2. The summed E-state index contributed by atoms with van der Waals surface area (Å²) in [5.74, 6) is 0.829. The predicted molar refractivity (Wildman–Crippen MR) is 148 cm³/mol. The Labute approximate surface area is 231 Å². The molecular weight excluding hydrogens is 549 g/mol. The number of halogens is 2. The lowest BCUT2D eigenvalue weighted by Gasteiger charge is -2.10. The smallest absolute Gasteiger partial charge is 0.271 e. The Morgan fingerprint density at radius 2 is 1.95 bits per heavy atom. The molecule has 4 rings (SSSR count). The summed E-state index contributed by atoms with van der Waals surface area (Å²) in [6.45, 7) is 0.374. The van der Waals surface area contributed by atoms with Gasteiger partial charge in [-0.05, 0) is 41.5 Å². The molecule has 38 heavy (non-hydrogen) atoms. The Kier molecular flexibility index (Phi) is 8.53. The first kappa shape index (κ1) is 27.0. The topological polar surface area (TPSA) is 134 Å². The number of rotatable bonds is 9. The van der Waals surface area contributed by atoms with E-state index in [0.717, 1.165) is 5.56 Å². The Bertz CT molecular complexity index is 1620. The van der Waals surface area contributed by atoms with E-state index in [1.807, 2.05) is 12.1 Å². The summed E-state index contributed by atoms with van der Waals surface area (Å²) >= 11 is 13.2. The predicted octanol–water partition coefficient (Wildman–Crippen LogP) is 6.44. The molecule has 1 heterocycles. The highest BCUT2D eigenvalue weighted by Gasteiger charge is 2.16. The van der Waals surface area contributed by atoms with Crippen molar-refractivity contribution in [2.75, 3.05) is 12.4 Å². The number of nitriles is 1. The number of methoxy groups -OCH3 is 1. The number of nitrogens with one attached hydrogen (secondary N) is 2. The summed E-state index contributed by atoms with van der Waals surface area (Å²) in [5, 5.41) is 25.4. The maximum absolute atomic E-state index is 12.6. The number of thioether (sulfide) groups is 1. The van der Waals surface area contributed by atoms with Crippen molar-refractivity contribution in [3.05, 3.63) is 108 Å². The second-order valence-corrected chi connectivity index (χ2v) is 9.75. The first-order valence-corrected chi connectivity index (χ1v) is 12.8. The van der Waals surface area contributed by atoms with Crippen molar-refractivity contribution >= 4 is 46.3 Å². The largest absolute Gasteiger partial charge is 0.497 e. The molecular formula is C26H19Cl2N5O4S. The number of non-ortho nitro benzene ring substituents is 1. The number of nitro groups is 1. The van der Waals surface area contributed by atoms with Crippen molar-refractivity contribution in [3.8, 4) is 23.1 Å². The zero-order valence-electron chi connectivity index (χ0n) is 19.8. The molecule has 0 amide bonds. The van der Waals surface area contributed by atoms with Gasteiger partial charge in [-0.25, -0.2) is 4.98 Å². The number of hydrogen-bond acceptors (Lipinski definition) is 8. The fraction of sp³-hybridized carbons (Fsp3) is 0.115. The van der Waals surface area contributed by atoms with E-state index in [1.165, 1.54) is 31.0 Å². The van der Waals surface area contributed by atoms with Gasteiger partial charge in [-0.15, -0.1) is 0 Å². The average Bonchev–Trinajstić information content (AvgIpc) is 2.92. The Balaban J connectivity index is 1.58. The first-order chi connectivity index (χ1) is 18.3. The maximum atomic E-state index is 12.6. The molecule has 0 spiro atoms. The first-order valence-electron chi connectivity index (χ1n) is 11.0. The number of nitrogens with zero attached hydrogens (tertiary/aromatic N) is 3. The Morgan fingerprint density at radius 1 is 1.13 bits per heavy atom. The lowest BCUT2D eigenvalue weighted by molar-refractivity contribution is -0.384. The number of aromatic nitrogens is 2. The molecule has 192 valence electrons. The fourth-order valence-electron chi connectivity index (χ4n) is 3.57. The minimum atomic E-state index is -0.578. The Hall–Kier alpha value is -4.04. The van der Waals surface area contributed by atoms with Gasteiger partial charge in [0.05, 0.1) is 27.8 Å². The van der Waals surface area contributed by atoms with Gasteiger partial charge in [-0.1, -0.05) is 53.2 Å². The van der Waals surface area contributed by atoms with Crippen LogP contribution in [0.15, 0.2) is 70.6 Å². The van der Waals surface area contributed by atoms with Crippen LogP contribution in [0.2, 0.25) is 10.0 Å². The van der Waals surface area contributed by atoms with Gasteiger partial charge in [0.2, 0.25) is 0 Å². The maximum Gasteiger partial charge on any atom is 0.271 e. The molecule has 1 aromatic heterocycles. The van der Waals surface area contributed by atoms with Gasteiger partial charge >= 0.3 is 0 Å². The van der Waals surface area contributed by atoms with Crippen molar-refractivity contribution in [3.63, 3.8) is 0 Å². The van der Waals surface area contributed by atoms with Crippen molar-refractivity contribution in [2.24, 2.45) is 0 Å². The SMILES string of the molecule is COc1cccc(-c2nc(SCc3cc(NCc4ccc(Cl)c(Cl)c4)cc([N+](=O)[O-])c3)[nH]c(=O)c2C#N)c1. The molecule has 0 saturated heterocycles. The van der Waals surface area contributed by atoms with E-state index < -0.39 is 10.5 Å². The van der Waals surface area contributed by atoms with Crippen LogP contribution >= 0.6 is 35.0 Å². The third kappa shape index (κ3) is 6.44. The number of hydrogen-bond donors (Lipinski definition) is 2. The number of H-pyrrole nitrogens is 1. The normalized spacial score (nSPS) is 10.6. The minimum Gasteiger partial charge on any atom is -0.497 e. The second kappa shape index (κ2) is 12.0. The van der Waals surface area contributed by atoms with E-state index in [9.17, 15) is 20.2 Å². The van der Waals surface area contributed by atoms with Gasteiger partial charge in [0.25, 0.3) is 11.2 Å². The summed E-state index contributed by atoms with van der Waals surface area (Å²) in [5.41, 5.74) is 2.02. The van der Waals surface area contributed by atoms with E-state index >= 15 is 0 Å². The van der Waals surface area contributed by atoms with Gasteiger partial charge in [-0.3, -0.25) is 14.9 Å². The molecule has 9 nitrogen and oxygen atoms in total. The molecule has 0 fully saturated rings. The van der Waals surface area contributed by atoms with Crippen molar-refractivity contribution in [2.45, 2.75) is 17.5 Å². The van der Waals surface area contributed by atoms with E-state index in [-0.39, 0.29) is 27.9 Å². The lowest BCUT2D eigenvalue weighted by Crippen LogP contribution is -2.14. The van der Waals surface area contributed by atoms with Crippen molar-refractivity contribution in [1.29, 1.82) is 5.26 Å². The van der Waals surface area contributed by atoms with Crippen LogP contribution in [0.5, 0.6) is 5.75 Å². The van der Waals surface area contributed by atoms with Crippen LogP contribution < -0.4 is 15.6 Å². The number of anilines is 1. The third-order valence-corrected chi connectivity index (χ3v) is 7.08. The Morgan fingerprint density at radius 3 is 2.66 bits per heavy atom. The van der Waals surface area contributed by atoms with Crippen LogP contribution in [0.4, 0.5) is 11.4 Å². The van der Waals surface area contributed by atoms with Crippen LogP contribution in [0.25, 0.3) is 11.3 Å². The number of nitro benzene ring substituents is 1. The number of benzene rings is 3. The van der Waals surface area contributed by atoms with Crippen LogP contribution in [0, 0.1) is 21.4 Å². The summed E-state index contributed by atoms with van der Waals surface area (Å²) in [6.07, 6.45) is 0. The summed E-state index contributed by atoms with van der Waals surface area (Å²) in [6, 6.07) is 18.7. The molecule has 0 bridgehead atoms. The van der Waals surface area contributed by atoms with Gasteiger partial charge in [-0.2, -0.15) is 5.26 Å². The van der Waals surface area contributed by atoms with Crippen LogP contribution in [-0.2, 0) is 12.3 Å². The van der Waals surface area contributed by atoms with Crippen molar-refractivity contribution < 1.29 is 9.66 Å². The number of aromatic amines is 1. The molecule has 0 aliphatic rings. The third-order valence-electron chi connectivity index (χ3n) is 5.40. The summed E-state index contributed by atoms with van der Waals surface area (Å²) < 4.78 is 5.24. The lowest BCUT2D eigenvalue weighted by atomic mass is 10.1. The molecule has 0 atom stereocenters. The molecule has 0 aliphatic heterocycles. The van der Waals surface area contributed by atoms with Gasteiger partial charge in [0.1, 0.15) is 17.4 Å². The van der Waals surface area contributed by atoms with Gasteiger partial charge < -0.3 is 15.0 Å². The second-order valence-electron chi connectivity index (χ2n) is 7.97. The van der Waals surface area contributed by atoms with Gasteiger partial charge in [0, 0.05) is 35.7 Å². The zero-order chi connectivity index (χ0) is 27.2.